The van der Waals surface area contributed by atoms with E-state index < -0.39 is 0 Å². The molecule has 1 aliphatic heterocycles. The first-order valence-electron chi connectivity index (χ1n) is 8.63. The SMILES string of the molecule is CC1CCCC(CNC(C)C)(CN2CCCSCC2)C1. The Labute approximate surface area is 130 Å². The summed E-state index contributed by atoms with van der Waals surface area (Å²) in [5, 5.41) is 3.75. The van der Waals surface area contributed by atoms with Crippen molar-refractivity contribution in [3.05, 3.63) is 0 Å². The molecular weight excluding hydrogens is 264 g/mol. The number of hydrogen-bond donors (Lipinski definition) is 1. The first-order valence-corrected chi connectivity index (χ1v) is 9.79. The summed E-state index contributed by atoms with van der Waals surface area (Å²) in [4.78, 5) is 2.76. The molecule has 2 aliphatic rings. The maximum absolute atomic E-state index is 3.75. The van der Waals surface area contributed by atoms with Crippen LogP contribution in [0.3, 0.4) is 0 Å². The van der Waals surface area contributed by atoms with E-state index in [2.05, 4.69) is 42.7 Å². The van der Waals surface area contributed by atoms with Crippen LogP contribution in [-0.2, 0) is 0 Å². The van der Waals surface area contributed by atoms with Crippen molar-refractivity contribution in [2.24, 2.45) is 11.3 Å². The molecule has 118 valence electrons. The molecule has 0 amide bonds. The highest BCUT2D eigenvalue weighted by Gasteiger charge is 2.36. The zero-order valence-corrected chi connectivity index (χ0v) is 14.6. The van der Waals surface area contributed by atoms with Gasteiger partial charge in [0.1, 0.15) is 0 Å². The lowest BCUT2D eigenvalue weighted by Gasteiger charge is -2.44. The van der Waals surface area contributed by atoms with Crippen molar-refractivity contribution in [3.63, 3.8) is 0 Å². The molecule has 0 radical (unpaired) electrons. The third-order valence-electron chi connectivity index (χ3n) is 4.94. The van der Waals surface area contributed by atoms with Crippen LogP contribution in [0.25, 0.3) is 0 Å². The minimum absolute atomic E-state index is 0.539. The van der Waals surface area contributed by atoms with Crippen molar-refractivity contribution in [1.29, 1.82) is 0 Å². The monoisotopic (exact) mass is 298 g/mol. The van der Waals surface area contributed by atoms with Gasteiger partial charge >= 0.3 is 0 Å². The Morgan fingerprint density at radius 1 is 1.25 bits per heavy atom. The average molecular weight is 299 g/mol. The Balaban J connectivity index is 1.96. The molecule has 2 nitrogen and oxygen atoms in total. The van der Waals surface area contributed by atoms with Gasteiger partial charge in [-0.15, -0.1) is 0 Å². The van der Waals surface area contributed by atoms with Crippen LogP contribution in [0, 0.1) is 11.3 Å². The molecule has 1 N–H and O–H groups in total. The van der Waals surface area contributed by atoms with Gasteiger partial charge in [0, 0.05) is 31.4 Å². The summed E-state index contributed by atoms with van der Waals surface area (Å²) in [7, 11) is 0. The van der Waals surface area contributed by atoms with Gasteiger partial charge in [0.05, 0.1) is 0 Å². The summed E-state index contributed by atoms with van der Waals surface area (Å²) in [6.45, 7) is 12.2. The molecule has 2 rings (SSSR count). The highest BCUT2D eigenvalue weighted by Crippen LogP contribution is 2.40. The predicted molar refractivity (Wildman–Crippen MR) is 91.6 cm³/mol. The third-order valence-corrected chi connectivity index (χ3v) is 5.99. The van der Waals surface area contributed by atoms with Gasteiger partial charge in [-0.2, -0.15) is 11.8 Å². The van der Waals surface area contributed by atoms with Gasteiger partial charge in [-0.25, -0.2) is 0 Å². The number of hydrogen-bond acceptors (Lipinski definition) is 3. The molecule has 1 saturated carbocycles. The van der Waals surface area contributed by atoms with E-state index in [0.29, 0.717) is 11.5 Å². The van der Waals surface area contributed by atoms with Gasteiger partial charge in [0.15, 0.2) is 0 Å². The fourth-order valence-corrected chi connectivity index (χ4v) is 4.90. The van der Waals surface area contributed by atoms with E-state index in [1.165, 1.54) is 69.8 Å². The van der Waals surface area contributed by atoms with E-state index >= 15 is 0 Å². The fraction of sp³-hybridized carbons (Fsp3) is 1.00. The highest BCUT2D eigenvalue weighted by atomic mass is 32.2. The van der Waals surface area contributed by atoms with Crippen molar-refractivity contribution >= 4 is 11.8 Å². The Morgan fingerprint density at radius 3 is 2.85 bits per heavy atom. The lowest BCUT2D eigenvalue weighted by molar-refractivity contribution is 0.0816. The maximum atomic E-state index is 3.75. The van der Waals surface area contributed by atoms with Gasteiger partial charge in [0.25, 0.3) is 0 Å². The van der Waals surface area contributed by atoms with Crippen LogP contribution in [0.1, 0.15) is 52.9 Å². The second-order valence-corrected chi connectivity index (χ2v) is 8.70. The second-order valence-electron chi connectivity index (χ2n) is 7.48. The van der Waals surface area contributed by atoms with Crippen molar-refractivity contribution in [2.75, 3.05) is 37.7 Å². The Morgan fingerprint density at radius 2 is 2.10 bits per heavy atom. The molecule has 2 unspecified atom stereocenters. The third kappa shape index (κ3) is 5.23. The van der Waals surface area contributed by atoms with Crippen LogP contribution in [0.5, 0.6) is 0 Å². The quantitative estimate of drug-likeness (QED) is 0.834. The van der Waals surface area contributed by atoms with Crippen LogP contribution in [0.15, 0.2) is 0 Å². The summed E-state index contributed by atoms with van der Waals surface area (Å²) in [5.41, 5.74) is 0.539. The van der Waals surface area contributed by atoms with Crippen LogP contribution < -0.4 is 5.32 Å². The first-order chi connectivity index (χ1) is 9.60. The number of nitrogens with one attached hydrogen (secondary N) is 1. The minimum atomic E-state index is 0.539. The standard InChI is InChI=1S/C17H34N2S/c1-15(2)18-13-17(7-4-6-16(3)12-17)14-19-8-5-10-20-11-9-19/h15-16,18H,4-14H2,1-3H3. The molecule has 2 atom stereocenters. The number of rotatable bonds is 5. The second kappa shape index (κ2) is 8.05. The van der Waals surface area contributed by atoms with E-state index in [0.717, 1.165) is 5.92 Å². The van der Waals surface area contributed by atoms with E-state index in [4.69, 9.17) is 0 Å². The Bertz CT molecular complexity index is 274. The molecule has 0 bridgehead atoms. The zero-order chi connectivity index (χ0) is 14.4. The highest BCUT2D eigenvalue weighted by molar-refractivity contribution is 7.99. The molecule has 0 aromatic carbocycles. The molecule has 1 aliphatic carbocycles. The minimum Gasteiger partial charge on any atom is -0.314 e. The molecular formula is C17H34N2S. The van der Waals surface area contributed by atoms with Gasteiger partial charge in [-0.1, -0.05) is 33.6 Å². The van der Waals surface area contributed by atoms with Crippen molar-refractivity contribution in [1.82, 2.24) is 10.2 Å². The Kier molecular flexibility index (Phi) is 6.70. The molecule has 20 heavy (non-hydrogen) atoms. The Hall–Kier alpha value is 0.270. The average Bonchev–Trinajstić information content (AvgIpc) is 2.65. The topological polar surface area (TPSA) is 15.3 Å². The number of nitrogens with zero attached hydrogens (tertiary/aromatic N) is 1. The van der Waals surface area contributed by atoms with Crippen LogP contribution in [0.2, 0.25) is 0 Å². The van der Waals surface area contributed by atoms with Gasteiger partial charge in [-0.3, -0.25) is 0 Å². The predicted octanol–water partition coefficient (Wildman–Crippen LogP) is 3.62. The van der Waals surface area contributed by atoms with Crippen molar-refractivity contribution < 1.29 is 0 Å². The maximum Gasteiger partial charge on any atom is 0.00726 e. The molecule has 3 heteroatoms. The first kappa shape index (κ1) is 16.6. The van der Waals surface area contributed by atoms with E-state index in [-0.39, 0.29) is 0 Å². The summed E-state index contributed by atoms with van der Waals surface area (Å²) in [6, 6.07) is 0.615. The zero-order valence-electron chi connectivity index (χ0n) is 13.8. The van der Waals surface area contributed by atoms with Gasteiger partial charge in [0.2, 0.25) is 0 Å². The summed E-state index contributed by atoms with van der Waals surface area (Å²) in [6.07, 6.45) is 7.12. The van der Waals surface area contributed by atoms with Gasteiger partial charge in [-0.05, 0) is 42.9 Å². The summed E-state index contributed by atoms with van der Waals surface area (Å²) < 4.78 is 0. The van der Waals surface area contributed by atoms with E-state index in [9.17, 15) is 0 Å². The van der Waals surface area contributed by atoms with Crippen LogP contribution in [-0.4, -0.2) is 48.6 Å². The van der Waals surface area contributed by atoms with Crippen LogP contribution >= 0.6 is 11.8 Å². The van der Waals surface area contributed by atoms with E-state index in [1.54, 1.807) is 0 Å². The number of thioether (sulfide) groups is 1. The van der Waals surface area contributed by atoms with Crippen molar-refractivity contribution in [2.45, 2.75) is 58.9 Å². The molecule has 0 spiro atoms. The smallest absolute Gasteiger partial charge is 0.00726 e. The fourth-order valence-electron chi connectivity index (χ4n) is 3.98. The lowest BCUT2D eigenvalue weighted by Crippen LogP contribution is -2.48. The molecule has 1 heterocycles. The summed E-state index contributed by atoms with van der Waals surface area (Å²) >= 11 is 2.14. The molecule has 0 aromatic heterocycles. The van der Waals surface area contributed by atoms with Gasteiger partial charge < -0.3 is 10.2 Å². The van der Waals surface area contributed by atoms with Crippen molar-refractivity contribution in [3.8, 4) is 0 Å². The normalized spacial score (nSPS) is 33.3. The molecule has 0 aromatic rings. The van der Waals surface area contributed by atoms with E-state index in [1.807, 2.05) is 0 Å². The molecule has 2 fully saturated rings. The van der Waals surface area contributed by atoms with Crippen LogP contribution in [0.4, 0.5) is 0 Å². The molecule has 1 saturated heterocycles. The summed E-state index contributed by atoms with van der Waals surface area (Å²) in [5.74, 6) is 3.62. The largest absolute Gasteiger partial charge is 0.314 e. The lowest BCUT2D eigenvalue weighted by atomic mass is 9.69.